The molecular formula is C15H24N2O2S. The molecule has 2 atom stereocenters. The number of primary sulfonamides is 1. The van der Waals surface area contributed by atoms with Gasteiger partial charge in [-0.25, -0.2) is 13.6 Å². The lowest BCUT2D eigenvalue weighted by Gasteiger charge is -2.32. The van der Waals surface area contributed by atoms with Crippen LogP contribution < -0.4 is 10.5 Å². The van der Waals surface area contributed by atoms with Crippen LogP contribution in [0, 0.1) is 18.8 Å². The van der Waals surface area contributed by atoms with Crippen molar-refractivity contribution in [3.8, 4) is 0 Å². The van der Waals surface area contributed by atoms with Crippen molar-refractivity contribution < 1.29 is 8.42 Å². The van der Waals surface area contributed by atoms with E-state index in [0.29, 0.717) is 23.4 Å². The van der Waals surface area contributed by atoms with Crippen molar-refractivity contribution in [1.29, 1.82) is 0 Å². The lowest BCUT2D eigenvalue weighted by Crippen LogP contribution is -2.30. The molecule has 0 radical (unpaired) electrons. The summed E-state index contributed by atoms with van der Waals surface area (Å²) in [5, 5.41) is 8.71. The van der Waals surface area contributed by atoms with E-state index in [4.69, 9.17) is 5.14 Å². The Bertz CT molecular complexity index is 574. The second-order valence-electron chi connectivity index (χ2n) is 6.28. The Morgan fingerprint density at radius 3 is 2.30 bits per heavy atom. The molecule has 4 nitrogen and oxygen atoms in total. The van der Waals surface area contributed by atoms with Crippen LogP contribution in [0.25, 0.3) is 0 Å². The smallest absolute Gasteiger partial charge is 0.238 e. The molecule has 20 heavy (non-hydrogen) atoms. The van der Waals surface area contributed by atoms with Gasteiger partial charge in [0.05, 0.1) is 4.90 Å². The highest BCUT2D eigenvalue weighted by molar-refractivity contribution is 7.89. The van der Waals surface area contributed by atoms with Crippen LogP contribution in [-0.2, 0) is 10.0 Å². The maximum atomic E-state index is 11.6. The molecule has 1 aliphatic carbocycles. The normalized spacial score (nSPS) is 27.3. The molecule has 3 N–H and O–H groups in total. The largest absolute Gasteiger partial charge is 0.382 e. The molecular weight excluding hydrogens is 272 g/mol. The van der Waals surface area contributed by atoms with E-state index in [-0.39, 0.29) is 4.90 Å². The van der Waals surface area contributed by atoms with Crippen molar-refractivity contribution in [1.82, 2.24) is 0 Å². The van der Waals surface area contributed by atoms with Gasteiger partial charge in [-0.1, -0.05) is 19.9 Å². The van der Waals surface area contributed by atoms with E-state index in [1.807, 2.05) is 6.07 Å². The van der Waals surface area contributed by atoms with Gasteiger partial charge in [-0.3, -0.25) is 0 Å². The van der Waals surface area contributed by atoms with Gasteiger partial charge in [0, 0.05) is 11.7 Å². The van der Waals surface area contributed by atoms with Crippen molar-refractivity contribution >= 4 is 15.7 Å². The fourth-order valence-electron chi connectivity index (χ4n) is 3.30. The third-order valence-corrected chi connectivity index (χ3v) is 5.10. The maximum Gasteiger partial charge on any atom is 0.238 e. The standard InChI is InChI=1S/C15H24N2O2S/c1-10-6-11(2)8-14(7-10)17-13-5-4-12(3)15(9-13)20(16,18)19/h4-5,9-11,14,17H,6-8H2,1-3H3,(H2,16,18,19). The van der Waals surface area contributed by atoms with Gasteiger partial charge in [0.2, 0.25) is 10.0 Å². The fourth-order valence-corrected chi connectivity index (χ4v) is 4.10. The van der Waals surface area contributed by atoms with E-state index in [1.165, 1.54) is 6.42 Å². The SMILES string of the molecule is Cc1ccc(NC2CC(C)CC(C)C2)cc1S(N)(=O)=O. The molecule has 0 heterocycles. The average molecular weight is 296 g/mol. The highest BCUT2D eigenvalue weighted by Crippen LogP contribution is 2.31. The Balaban J connectivity index is 2.18. The number of nitrogens with one attached hydrogen (secondary N) is 1. The van der Waals surface area contributed by atoms with E-state index in [0.717, 1.165) is 18.5 Å². The first kappa shape index (κ1) is 15.3. The van der Waals surface area contributed by atoms with Gasteiger partial charge in [0.25, 0.3) is 0 Å². The molecule has 2 unspecified atom stereocenters. The predicted molar refractivity (Wildman–Crippen MR) is 82.1 cm³/mol. The summed E-state index contributed by atoms with van der Waals surface area (Å²) in [5.41, 5.74) is 1.52. The molecule has 0 aliphatic heterocycles. The number of hydrogen-bond donors (Lipinski definition) is 2. The topological polar surface area (TPSA) is 72.2 Å². The van der Waals surface area contributed by atoms with Gasteiger partial charge in [0.1, 0.15) is 0 Å². The van der Waals surface area contributed by atoms with E-state index in [2.05, 4.69) is 19.2 Å². The monoisotopic (exact) mass is 296 g/mol. The molecule has 1 fully saturated rings. The molecule has 0 aromatic heterocycles. The first-order valence-electron chi connectivity index (χ1n) is 7.15. The van der Waals surface area contributed by atoms with E-state index in [1.54, 1.807) is 19.1 Å². The number of nitrogens with two attached hydrogens (primary N) is 1. The number of rotatable bonds is 3. The minimum absolute atomic E-state index is 0.208. The fraction of sp³-hybridized carbons (Fsp3) is 0.600. The molecule has 1 aromatic rings. The van der Waals surface area contributed by atoms with Crippen LogP contribution in [-0.4, -0.2) is 14.5 Å². The number of benzene rings is 1. The van der Waals surface area contributed by atoms with E-state index >= 15 is 0 Å². The van der Waals surface area contributed by atoms with Gasteiger partial charge in [0.15, 0.2) is 0 Å². The zero-order valence-electron chi connectivity index (χ0n) is 12.4. The van der Waals surface area contributed by atoms with Crippen LogP contribution in [0.15, 0.2) is 23.1 Å². The number of aryl methyl sites for hydroxylation is 1. The number of anilines is 1. The van der Waals surface area contributed by atoms with Gasteiger partial charge in [-0.15, -0.1) is 0 Å². The van der Waals surface area contributed by atoms with Gasteiger partial charge in [-0.2, -0.15) is 0 Å². The third-order valence-electron chi connectivity index (χ3n) is 4.04. The second-order valence-corrected chi connectivity index (χ2v) is 7.81. The summed E-state index contributed by atoms with van der Waals surface area (Å²) in [4.78, 5) is 0.208. The highest BCUT2D eigenvalue weighted by atomic mass is 32.2. The molecule has 0 saturated heterocycles. The molecule has 0 spiro atoms. The summed E-state index contributed by atoms with van der Waals surface area (Å²) in [6.45, 7) is 6.30. The summed E-state index contributed by atoms with van der Waals surface area (Å²) >= 11 is 0. The molecule has 2 rings (SSSR count). The van der Waals surface area contributed by atoms with E-state index in [9.17, 15) is 8.42 Å². The van der Waals surface area contributed by atoms with Gasteiger partial charge in [-0.05, 0) is 55.7 Å². The van der Waals surface area contributed by atoms with Crippen LogP contribution in [0.5, 0.6) is 0 Å². The number of sulfonamides is 1. The lowest BCUT2D eigenvalue weighted by molar-refractivity contribution is 0.281. The van der Waals surface area contributed by atoms with Crippen molar-refractivity contribution in [2.24, 2.45) is 17.0 Å². The Morgan fingerprint density at radius 2 is 1.75 bits per heavy atom. The molecule has 1 aromatic carbocycles. The van der Waals surface area contributed by atoms with Gasteiger partial charge >= 0.3 is 0 Å². The van der Waals surface area contributed by atoms with Crippen LogP contribution >= 0.6 is 0 Å². The molecule has 112 valence electrons. The minimum atomic E-state index is -3.66. The summed E-state index contributed by atoms with van der Waals surface area (Å²) < 4.78 is 23.1. The molecule has 1 saturated carbocycles. The van der Waals surface area contributed by atoms with Crippen molar-refractivity contribution in [3.63, 3.8) is 0 Å². The average Bonchev–Trinajstić information content (AvgIpc) is 2.29. The quantitative estimate of drug-likeness (QED) is 0.901. The molecule has 0 bridgehead atoms. The maximum absolute atomic E-state index is 11.6. The van der Waals surface area contributed by atoms with E-state index < -0.39 is 10.0 Å². The summed E-state index contributed by atoms with van der Waals surface area (Å²) in [6, 6.07) is 5.78. The van der Waals surface area contributed by atoms with Crippen molar-refractivity contribution in [3.05, 3.63) is 23.8 Å². The zero-order chi connectivity index (χ0) is 14.9. The lowest BCUT2D eigenvalue weighted by atomic mass is 9.80. The minimum Gasteiger partial charge on any atom is -0.382 e. The Hall–Kier alpha value is -1.07. The van der Waals surface area contributed by atoms with Crippen molar-refractivity contribution in [2.45, 2.75) is 51.0 Å². The first-order chi connectivity index (χ1) is 9.25. The summed E-state index contributed by atoms with van der Waals surface area (Å²) in [7, 11) is -3.66. The Labute approximate surface area is 121 Å². The van der Waals surface area contributed by atoms with Crippen LogP contribution in [0.1, 0.15) is 38.7 Å². The Morgan fingerprint density at radius 1 is 1.15 bits per heavy atom. The molecule has 5 heteroatoms. The van der Waals surface area contributed by atoms with Crippen LogP contribution in [0.4, 0.5) is 5.69 Å². The molecule has 1 aliphatic rings. The van der Waals surface area contributed by atoms with Crippen molar-refractivity contribution in [2.75, 3.05) is 5.32 Å². The Kier molecular flexibility index (Phi) is 4.39. The molecule has 0 amide bonds. The second kappa shape index (κ2) is 5.74. The predicted octanol–water partition coefficient (Wildman–Crippen LogP) is 2.88. The highest BCUT2D eigenvalue weighted by Gasteiger charge is 2.24. The van der Waals surface area contributed by atoms with Gasteiger partial charge < -0.3 is 5.32 Å². The van der Waals surface area contributed by atoms with Crippen LogP contribution in [0.3, 0.4) is 0 Å². The number of hydrogen-bond acceptors (Lipinski definition) is 3. The zero-order valence-corrected chi connectivity index (χ0v) is 13.2. The third kappa shape index (κ3) is 3.73. The first-order valence-corrected chi connectivity index (χ1v) is 8.70. The van der Waals surface area contributed by atoms with Crippen LogP contribution in [0.2, 0.25) is 0 Å². The summed E-state index contributed by atoms with van der Waals surface area (Å²) in [5.74, 6) is 1.42. The summed E-state index contributed by atoms with van der Waals surface area (Å²) in [6.07, 6.45) is 3.53.